The van der Waals surface area contributed by atoms with Crippen molar-refractivity contribution in [1.29, 1.82) is 0 Å². The van der Waals surface area contributed by atoms with Crippen molar-refractivity contribution in [2.45, 2.75) is 10.1 Å². The minimum Gasteiger partial charge on any atom is -0.507 e. The maximum Gasteiger partial charge on any atom is 0.244 e. The predicted octanol–water partition coefficient (Wildman–Crippen LogP) is 1.52. The number of nitrogens with one attached hydrogen (secondary N) is 1. The van der Waals surface area contributed by atoms with Gasteiger partial charge in [0.1, 0.15) is 10.6 Å². The van der Waals surface area contributed by atoms with Crippen molar-refractivity contribution in [3.8, 4) is 5.75 Å². The molecular formula is C11H15NO3S3. The van der Waals surface area contributed by atoms with Gasteiger partial charge in [-0.25, -0.2) is 13.1 Å². The molecule has 0 aliphatic carbocycles. The first-order chi connectivity index (χ1) is 8.59. The zero-order valence-electron chi connectivity index (χ0n) is 9.70. The topological polar surface area (TPSA) is 66.4 Å². The summed E-state index contributed by atoms with van der Waals surface area (Å²) >= 11 is 3.64. The van der Waals surface area contributed by atoms with Gasteiger partial charge in [-0.2, -0.15) is 23.5 Å². The van der Waals surface area contributed by atoms with Crippen molar-refractivity contribution in [2.24, 2.45) is 0 Å². The molecule has 1 aliphatic heterocycles. The van der Waals surface area contributed by atoms with Crippen LogP contribution < -0.4 is 4.72 Å². The van der Waals surface area contributed by atoms with Gasteiger partial charge in [0.05, 0.1) is 0 Å². The molecule has 1 atom stereocenters. The van der Waals surface area contributed by atoms with Crippen molar-refractivity contribution in [3.63, 3.8) is 0 Å². The first-order valence-electron chi connectivity index (χ1n) is 5.56. The van der Waals surface area contributed by atoms with Crippen LogP contribution in [0.5, 0.6) is 5.75 Å². The summed E-state index contributed by atoms with van der Waals surface area (Å²) in [6.45, 7) is 0.411. The van der Waals surface area contributed by atoms with Gasteiger partial charge in [0.15, 0.2) is 0 Å². The van der Waals surface area contributed by atoms with E-state index in [1.165, 1.54) is 12.1 Å². The van der Waals surface area contributed by atoms with E-state index in [1.807, 2.05) is 11.8 Å². The van der Waals surface area contributed by atoms with E-state index in [0.29, 0.717) is 11.8 Å². The molecule has 100 valence electrons. The number of thioether (sulfide) groups is 2. The van der Waals surface area contributed by atoms with Crippen molar-refractivity contribution in [1.82, 2.24) is 4.72 Å². The summed E-state index contributed by atoms with van der Waals surface area (Å²) < 4.78 is 26.6. The second-order valence-electron chi connectivity index (χ2n) is 3.89. The van der Waals surface area contributed by atoms with Crippen LogP contribution >= 0.6 is 23.5 Å². The summed E-state index contributed by atoms with van der Waals surface area (Å²) in [6.07, 6.45) is 0. The molecule has 0 aromatic heterocycles. The summed E-state index contributed by atoms with van der Waals surface area (Å²) in [4.78, 5) is -0.0570. The number of hydrogen-bond donors (Lipinski definition) is 2. The van der Waals surface area contributed by atoms with Crippen molar-refractivity contribution in [3.05, 3.63) is 24.3 Å². The van der Waals surface area contributed by atoms with E-state index in [4.69, 9.17) is 0 Å². The Morgan fingerprint density at radius 3 is 2.78 bits per heavy atom. The summed E-state index contributed by atoms with van der Waals surface area (Å²) in [5.41, 5.74) is 0. The SMILES string of the molecule is O=S(=O)(NCC1CSCCS1)c1ccccc1O. The van der Waals surface area contributed by atoms with Crippen LogP contribution in [0.4, 0.5) is 0 Å². The maximum atomic E-state index is 12.0. The van der Waals surface area contributed by atoms with Crippen LogP contribution in [0, 0.1) is 0 Å². The molecular weight excluding hydrogens is 290 g/mol. The first kappa shape index (κ1) is 14.0. The highest BCUT2D eigenvalue weighted by atomic mass is 32.2. The van der Waals surface area contributed by atoms with Gasteiger partial charge >= 0.3 is 0 Å². The average Bonchev–Trinajstić information content (AvgIpc) is 2.38. The minimum atomic E-state index is -3.61. The van der Waals surface area contributed by atoms with Crippen molar-refractivity contribution in [2.75, 3.05) is 23.8 Å². The number of sulfonamides is 1. The number of rotatable bonds is 4. The first-order valence-corrected chi connectivity index (χ1v) is 9.25. The quantitative estimate of drug-likeness (QED) is 0.883. The predicted molar refractivity (Wildman–Crippen MR) is 76.9 cm³/mol. The molecule has 1 heterocycles. The zero-order valence-corrected chi connectivity index (χ0v) is 12.2. The minimum absolute atomic E-state index is 0.0570. The standard InChI is InChI=1S/C11H15NO3S3/c13-10-3-1-2-4-11(10)18(14,15)12-7-9-8-16-5-6-17-9/h1-4,9,12-13H,5-8H2. The molecule has 1 aliphatic rings. The monoisotopic (exact) mass is 305 g/mol. The lowest BCUT2D eigenvalue weighted by Gasteiger charge is -2.21. The maximum absolute atomic E-state index is 12.0. The van der Waals surface area contributed by atoms with Crippen LogP contribution in [-0.4, -0.2) is 42.6 Å². The highest BCUT2D eigenvalue weighted by molar-refractivity contribution is 8.06. The summed E-state index contributed by atoms with van der Waals surface area (Å²) in [6, 6.07) is 5.97. The highest BCUT2D eigenvalue weighted by Gasteiger charge is 2.21. The molecule has 0 amide bonds. The molecule has 2 N–H and O–H groups in total. The van der Waals surface area contributed by atoms with E-state index < -0.39 is 10.0 Å². The molecule has 0 bridgehead atoms. The van der Waals surface area contributed by atoms with Crippen LogP contribution in [0.15, 0.2) is 29.2 Å². The Balaban J connectivity index is 2.01. The number of para-hydroxylation sites is 1. The van der Waals surface area contributed by atoms with Gasteiger partial charge in [-0.1, -0.05) is 12.1 Å². The highest BCUT2D eigenvalue weighted by Crippen LogP contribution is 2.25. The number of aromatic hydroxyl groups is 1. The molecule has 1 aromatic carbocycles. The van der Waals surface area contributed by atoms with Gasteiger partial charge in [0, 0.05) is 29.1 Å². The molecule has 0 radical (unpaired) electrons. The fourth-order valence-corrected chi connectivity index (χ4v) is 5.51. The summed E-state index contributed by atoms with van der Waals surface area (Å²) in [5, 5.41) is 9.86. The molecule has 4 nitrogen and oxygen atoms in total. The number of phenols is 1. The smallest absolute Gasteiger partial charge is 0.244 e. The van der Waals surface area contributed by atoms with Crippen LogP contribution in [0.3, 0.4) is 0 Å². The third-order valence-corrected chi connectivity index (χ3v) is 6.86. The van der Waals surface area contributed by atoms with E-state index in [2.05, 4.69) is 4.72 Å². The number of benzene rings is 1. The molecule has 1 saturated heterocycles. The Bertz CT molecular complexity index is 498. The van der Waals surface area contributed by atoms with Gasteiger partial charge in [0.2, 0.25) is 10.0 Å². The van der Waals surface area contributed by atoms with E-state index in [9.17, 15) is 13.5 Å². The van der Waals surface area contributed by atoms with E-state index in [0.717, 1.165) is 17.3 Å². The van der Waals surface area contributed by atoms with Gasteiger partial charge in [-0.3, -0.25) is 0 Å². The molecule has 0 saturated carbocycles. The second-order valence-corrected chi connectivity index (χ2v) is 8.18. The lowest BCUT2D eigenvalue weighted by molar-refractivity contribution is 0.458. The van der Waals surface area contributed by atoms with Crippen LogP contribution in [0.2, 0.25) is 0 Å². The third kappa shape index (κ3) is 3.57. The Labute approximate surface area is 116 Å². The van der Waals surface area contributed by atoms with Crippen molar-refractivity contribution < 1.29 is 13.5 Å². The molecule has 18 heavy (non-hydrogen) atoms. The fourth-order valence-electron chi connectivity index (χ4n) is 1.62. The van der Waals surface area contributed by atoms with Gasteiger partial charge in [-0.15, -0.1) is 0 Å². The molecule has 0 spiro atoms. The van der Waals surface area contributed by atoms with E-state index in [1.54, 1.807) is 23.9 Å². The van der Waals surface area contributed by atoms with Crippen LogP contribution in [0.25, 0.3) is 0 Å². The number of phenolic OH excluding ortho intramolecular Hbond substituents is 1. The molecule has 1 fully saturated rings. The Morgan fingerprint density at radius 1 is 1.33 bits per heavy atom. The second kappa shape index (κ2) is 6.18. The Kier molecular flexibility index (Phi) is 4.83. The van der Waals surface area contributed by atoms with Crippen LogP contribution in [-0.2, 0) is 10.0 Å². The normalized spacial score (nSPS) is 20.8. The van der Waals surface area contributed by atoms with Crippen molar-refractivity contribution >= 4 is 33.5 Å². The van der Waals surface area contributed by atoms with Gasteiger partial charge in [0.25, 0.3) is 0 Å². The fraction of sp³-hybridized carbons (Fsp3) is 0.455. The summed E-state index contributed by atoms with van der Waals surface area (Å²) in [7, 11) is -3.61. The van der Waals surface area contributed by atoms with Gasteiger partial charge < -0.3 is 5.11 Å². The van der Waals surface area contributed by atoms with E-state index in [-0.39, 0.29) is 10.6 Å². The Hall–Kier alpha value is -0.370. The van der Waals surface area contributed by atoms with Crippen LogP contribution in [0.1, 0.15) is 0 Å². The average molecular weight is 305 g/mol. The molecule has 1 aromatic rings. The number of hydrogen-bond acceptors (Lipinski definition) is 5. The molecule has 2 rings (SSSR count). The Morgan fingerprint density at radius 2 is 2.11 bits per heavy atom. The lowest BCUT2D eigenvalue weighted by Crippen LogP contribution is -2.33. The van der Waals surface area contributed by atoms with Gasteiger partial charge in [-0.05, 0) is 12.1 Å². The molecule has 7 heteroatoms. The summed E-state index contributed by atoms with van der Waals surface area (Å²) in [5.74, 6) is 2.95. The molecule has 1 unspecified atom stereocenters. The third-order valence-electron chi connectivity index (χ3n) is 2.54. The lowest BCUT2D eigenvalue weighted by atomic mass is 10.3. The van der Waals surface area contributed by atoms with E-state index >= 15 is 0 Å². The zero-order chi connectivity index (χ0) is 13.0. The largest absolute Gasteiger partial charge is 0.507 e.